The molecule has 1 N–H and O–H groups in total. The van der Waals surface area contributed by atoms with Gasteiger partial charge in [-0.2, -0.15) is 0 Å². The molecular formula is C19H32N2. The standard InChI is InChI=1S/C19H32N2/c1-5-12-21(13-16-6-7-16)14-19(20-4)18-10-8-17(9-11-18)15(2)3/h8-11,15-16,19-20H,5-7,12-14H2,1-4H3. The van der Waals surface area contributed by atoms with E-state index in [-0.39, 0.29) is 0 Å². The lowest BCUT2D eigenvalue weighted by molar-refractivity contribution is 0.237. The zero-order valence-electron chi connectivity index (χ0n) is 14.2. The highest BCUT2D eigenvalue weighted by Crippen LogP contribution is 2.30. The molecular weight excluding hydrogens is 256 g/mol. The van der Waals surface area contributed by atoms with Crippen LogP contribution in [0, 0.1) is 5.92 Å². The van der Waals surface area contributed by atoms with Gasteiger partial charge in [0.15, 0.2) is 0 Å². The SMILES string of the molecule is CCCN(CC1CC1)CC(NC)c1ccc(C(C)C)cc1. The van der Waals surface area contributed by atoms with Crippen molar-refractivity contribution < 1.29 is 0 Å². The largest absolute Gasteiger partial charge is 0.312 e. The van der Waals surface area contributed by atoms with Gasteiger partial charge >= 0.3 is 0 Å². The minimum atomic E-state index is 0.441. The van der Waals surface area contributed by atoms with Gasteiger partial charge in [0.25, 0.3) is 0 Å². The Balaban J connectivity index is 1.99. The van der Waals surface area contributed by atoms with Crippen molar-refractivity contribution in [2.75, 3.05) is 26.7 Å². The number of rotatable bonds is 9. The number of benzene rings is 1. The van der Waals surface area contributed by atoms with Crippen LogP contribution < -0.4 is 5.32 Å². The van der Waals surface area contributed by atoms with Crippen molar-refractivity contribution in [1.82, 2.24) is 10.2 Å². The molecule has 1 aromatic carbocycles. The first-order valence-electron chi connectivity index (χ1n) is 8.63. The van der Waals surface area contributed by atoms with Crippen LogP contribution in [0.5, 0.6) is 0 Å². The lowest BCUT2D eigenvalue weighted by Gasteiger charge is -2.27. The van der Waals surface area contributed by atoms with Crippen molar-refractivity contribution >= 4 is 0 Å². The molecule has 1 aliphatic carbocycles. The topological polar surface area (TPSA) is 15.3 Å². The average Bonchev–Trinajstić information content (AvgIpc) is 3.29. The van der Waals surface area contributed by atoms with Gasteiger partial charge in [-0.25, -0.2) is 0 Å². The van der Waals surface area contributed by atoms with E-state index in [1.165, 1.54) is 43.5 Å². The molecule has 1 unspecified atom stereocenters. The Bertz CT molecular complexity index is 406. The van der Waals surface area contributed by atoms with Crippen molar-refractivity contribution in [1.29, 1.82) is 0 Å². The zero-order valence-corrected chi connectivity index (χ0v) is 14.2. The molecule has 0 amide bonds. The van der Waals surface area contributed by atoms with Crippen LogP contribution in [-0.2, 0) is 0 Å². The number of hydrogen-bond donors (Lipinski definition) is 1. The monoisotopic (exact) mass is 288 g/mol. The Morgan fingerprint density at radius 3 is 2.24 bits per heavy atom. The number of likely N-dealkylation sites (N-methyl/N-ethyl adjacent to an activating group) is 1. The van der Waals surface area contributed by atoms with E-state index in [2.05, 4.69) is 62.3 Å². The van der Waals surface area contributed by atoms with Crippen LogP contribution in [0.2, 0.25) is 0 Å². The number of nitrogens with one attached hydrogen (secondary N) is 1. The highest BCUT2D eigenvalue weighted by atomic mass is 15.1. The first-order valence-corrected chi connectivity index (χ1v) is 8.63. The highest BCUT2D eigenvalue weighted by molar-refractivity contribution is 5.27. The van der Waals surface area contributed by atoms with Gasteiger partial charge in [0, 0.05) is 19.1 Å². The Kier molecular flexibility index (Phi) is 6.25. The molecule has 21 heavy (non-hydrogen) atoms. The fraction of sp³-hybridized carbons (Fsp3) is 0.684. The van der Waals surface area contributed by atoms with Crippen molar-refractivity contribution in [3.63, 3.8) is 0 Å². The van der Waals surface area contributed by atoms with Gasteiger partial charge < -0.3 is 10.2 Å². The summed E-state index contributed by atoms with van der Waals surface area (Å²) in [6.45, 7) is 10.4. The Morgan fingerprint density at radius 2 is 1.76 bits per heavy atom. The average molecular weight is 288 g/mol. The van der Waals surface area contributed by atoms with Gasteiger partial charge in [0.05, 0.1) is 0 Å². The Morgan fingerprint density at radius 1 is 1.14 bits per heavy atom. The molecule has 1 aliphatic rings. The molecule has 0 heterocycles. The first kappa shape index (κ1) is 16.5. The molecule has 0 aliphatic heterocycles. The van der Waals surface area contributed by atoms with Crippen LogP contribution >= 0.6 is 0 Å². The van der Waals surface area contributed by atoms with E-state index < -0.39 is 0 Å². The second-order valence-electron chi connectivity index (χ2n) is 6.87. The van der Waals surface area contributed by atoms with Crippen molar-refractivity contribution in [2.24, 2.45) is 5.92 Å². The molecule has 1 aromatic rings. The summed E-state index contributed by atoms with van der Waals surface area (Å²) in [7, 11) is 2.09. The third kappa shape index (κ3) is 5.12. The molecule has 0 spiro atoms. The van der Waals surface area contributed by atoms with Crippen LogP contribution in [0.4, 0.5) is 0 Å². The highest BCUT2D eigenvalue weighted by Gasteiger charge is 2.25. The van der Waals surface area contributed by atoms with Gasteiger partial charge in [-0.1, -0.05) is 45.0 Å². The second kappa shape index (κ2) is 7.95. The van der Waals surface area contributed by atoms with E-state index in [1.54, 1.807) is 0 Å². The van der Waals surface area contributed by atoms with Gasteiger partial charge in [-0.05, 0) is 55.8 Å². The van der Waals surface area contributed by atoms with Gasteiger partial charge in [0.1, 0.15) is 0 Å². The molecule has 0 saturated heterocycles. The van der Waals surface area contributed by atoms with Crippen LogP contribution in [0.25, 0.3) is 0 Å². The molecule has 1 fully saturated rings. The predicted octanol–water partition coefficient (Wildman–Crippen LogP) is 4.19. The minimum Gasteiger partial charge on any atom is -0.312 e. The van der Waals surface area contributed by atoms with E-state index in [0.717, 1.165) is 12.5 Å². The summed E-state index contributed by atoms with van der Waals surface area (Å²) in [5.74, 6) is 1.58. The summed E-state index contributed by atoms with van der Waals surface area (Å²) in [4.78, 5) is 2.65. The zero-order chi connectivity index (χ0) is 15.2. The minimum absolute atomic E-state index is 0.441. The van der Waals surface area contributed by atoms with E-state index in [1.807, 2.05) is 0 Å². The molecule has 118 valence electrons. The van der Waals surface area contributed by atoms with Crippen molar-refractivity contribution in [3.05, 3.63) is 35.4 Å². The molecule has 2 heteroatoms. The fourth-order valence-electron chi connectivity index (χ4n) is 2.97. The van der Waals surface area contributed by atoms with E-state index in [0.29, 0.717) is 12.0 Å². The quantitative estimate of drug-likeness (QED) is 0.733. The summed E-state index contributed by atoms with van der Waals surface area (Å²) >= 11 is 0. The molecule has 0 bridgehead atoms. The molecule has 2 nitrogen and oxygen atoms in total. The first-order chi connectivity index (χ1) is 10.1. The maximum atomic E-state index is 3.51. The van der Waals surface area contributed by atoms with Crippen LogP contribution in [0.3, 0.4) is 0 Å². The second-order valence-corrected chi connectivity index (χ2v) is 6.87. The molecule has 1 atom stereocenters. The normalized spacial score (nSPS) is 16.7. The van der Waals surface area contributed by atoms with Crippen molar-refractivity contribution in [3.8, 4) is 0 Å². The lowest BCUT2D eigenvalue weighted by atomic mass is 9.99. The van der Waals surface area contributed by atoms with Crippen molar-refractivity contribution in [2.45, 2.75) is 52.0 Å². The summed E-state index contributed by atoms with van der Waals surface area (Å²) in [6.07, 6.45) is 4.12. The maximum absolute atomic E-state index is 3.51. The van der Waals surface area contributed by atoms with Gasteiger partial charge in [0.2, 0.25) is 0 Å². The van der Waals surface area contributed by atoms with Gasteiger partial charge in [-0.3, -0.25) is 0 Å². The molecule has 2 rings (SSSR count). The summed E-state index contributed by atoms with van der Waals surface area (Å²) in [5.41, 5.74) is 2.84. The number of nitrogens with zero attached hydrogens (tertiary/aromatic N) is 1. The van der Waals surface area contributed by atoms with Crippen LogP contribution in [0.1, 0.15) is 63.1 Å². The molecule has 0 radical (unpaired) electrons. The smallest absolute Gasteiger partial charge is 0.0446 e. The predicted molar refractivity (Wildman–Crippen MR) is 91.8 cm³/mol. The number of hydrogen-bond acceptors (Lipinski definition) is 2. The molecule has 1 saturated carbocycles. The maximum Gasteiger partial charge on any atom is 0.0446 e. The third-order valence-corrected chi connectivity index (χ3v) is 4.55. The van der Waals surface area contributed by atoms with Crippen LogP contribution in [0.15, 0.2) is 24.3 Å². The van der Waals surface area contributed by atoms with E-state index in [4.69, 9.17) is 0 Å². The summed E-state index contributed by atoms with van der Waals surface area (Å²) in [6, 6.07) is 9.62. The summed E-state index contributed by atoms with van der Waals surface area (Å²) in [5, 5.41) is 3.51. The Hall–Kier alpha value is -0.860. The lowest BCUT2D eigenvalue weighted by Crippen LogP contribution is -2.35. The Labute approximate surface area is 130 Å². The molecule has 0 aromatic heterocycles. The van der Waals surface area contributed by atoms with E-state index in [9.17, 15) is 0 Å². The fourth-order valence-corrected chi connectivity index (χ4v) is 2.97. The van der Waals surface area contributed by atoms with Crippen LogP contribution in [-0.4, -0.2) is 31.6 Å². The van der Waals surface area contributed by atoms with E-state index >= 15 is 0 Å². The third-order valence-electron chi connectivity index (χ3n) is 4.55. The van der Waals surface area contributed by atoms with Gasteiger partial charge in [-0.15, -0.1) is 0 Å². The summed E-state index contributed by atoms with van der Waals surface area (Å²) < 4.78 is 0.